The van der Waals surface area contributed by atoms with Gasteiger partial charge in [0.15, 0.2) is 0 Å². The number of amides is 2. The van der Waals surface area contributed by atoms with E-state index >= 15 is 0 Å². The van der Waals surface area contributed by atoms with Crippen molar-refractivity contribution in [1.82, 2.24) is 4.98 Å². The van der Waals surface area contributed by atoms with E-state index in [1.807, 2.05) is 27.7 Å². The molecule has 23 heavy (non-hydrogen) atoms. The van der Waals surface area contributed by atoms with Crippen molar-refractivity contribution < 1.29 is 19.1 Å². The number of anilines is 1. The summed E-state index contributed by atoms with van der Waals surface area (Å²) in [6, 6.07) is 1.71. The van der Waals surface area contributed by atoms with E-state index < -0.39 is 17.8 Å². The molecular formula is C17H28N2O4. The van der Waals surface area contributed by atoms with Crippen molar-refractivity contribution in [2.24, 2.45) is 0 Å². The summed E-state index contributed by atoms with van der Waals surface area (Å²) in [6.45, 7) is 15.3. The molecular weight excluding hydrogens is 296 g/mol. The molecule has 0 saturated heterocycles. The Labute approximate surface area is 138 Å². The van der Waals surface area contributed by atoms with Crippen molar-refractivity contribution >= 4 is 23.6 Å². The molecule has 0 aliphatic heterocycles. The number of hydrogen-bond donors (Lipinski definition) is 0. The van der Waals surface area contributed by atoms with Crippen LogP contribution < -0.4 is 9.64 Å². The van der Waals surface area contributed by atoms with Crippen LogP contribution in [0, 0.1) is 13.8 Å². The van der Waals surface area contributed by atoms with Crippen LogP contribution in [-0.4, -0.2) is 22.8 Å². The molecule has 0 unspecified atom stereocenters. The molecule has 0 fully saturated rings. The molecule has 0 aliphatic carbocycles. The zero-order chi connectivity index (χ0) is 18.7. The Morgan fingerprint density at radius 1 is 0.913 bits per heavy atom. The highest BCUT2D eigenvalue weighted by atomic mass is 16.5. The summed E-state index contributed by atoms with van der Waals surface area (Å²) in [7, 11) is 0. The number of ether oxygens (including phenoxy) is 1. The van der Waals surface area contributed by atoms with Gasteiger partial charge in [-0.15, -0.1) is 0 Å². The van der Waals surface area contributed by atoms with Gasteiger partial charge >= 0.3 is 5.97 Å². The Balaban J connectivity index is 0. The minimum atomic E-state index is -0.511. The first-order valence-electron chi connectivity index (χ1n) is 7.72. The Kier molecular flexibility index (Phi) is 11.4. The molecule has 1 aromatic heterocycles. The van der Waals surface area contributed by atoms with Gasteiger partial charge in [-0.25, -0.2) is 4.90 Å². The molecule has 6 heteroatoms. The lowest BCUT2D eigenvalue weighted by Gasteiger charge is -2.19. The number of aromatic nitrogens is 1. The second kappa shape index (κ2) is 11.3. The van der Waals surface area contributed by atoms with E-state index in [4.69, 9.17) is 4.74 Å². The summed E-state index contributed by atoms with van der Waals surface area (Å²) < 4.78 is 4.95. The molecule has 0 spiro atoms. The molecule has 0 atom stereocenters. The maximum Gasteiger partial charge on any atom is 0.309 e. The summed E-state index contributed by atoms with van der Waals surface area (Å²) in [4.78, 5) is 39.1. The van der Waals surface area contributed by atoms with Gasteiger partial charge in [-0.3, -0.25) is 14.4 Å². The van der Waals surface area contributed by atoms with Crippen LogP contribution in [0.2, 0.25) is 0 Å². The van der Waals surface area contributed by atoms with Crippen molar-refractivity contribution in [2.45, 2.75) is 62.3 Å². The number of pyridine rings is 1. The molecule has 0 saturated carbocycles. The number of esters is 1. The SMILES string of the molecule is CC.CC.CC(=O)Oc1nc(N(C(C)=O)C(C)=O)c(C)cc1C. The van der Waals surface area contributed by atoms with Gasteiger partial charge in [0.2, 0.25) is 17.7 Å². The Bertz CT molecular complexity index is 540. The molecule has 6 nitrogen and oxygen atoms in total. The molecule has 0 bridgehead atoms. The summed E-state index contributed by atoms with van der Waals surface area (Å²) in [5.41, 5.74) is 1.31. The Hall–Kier alpha value is -2.24. The molecule has 0 radical (unpaired) electrons. The Morgan fingerprint density at radius 3 is 1.70 bits per heavy atom. The van der Waals surface area contributed by atoms with Crippen LogP contribution in [0.15, 0.2) is 6.07 Å². The number of aryl methyl sites for hydroxylation is 2. The molecule has 2 amide bonds. The van der Waals surface area contributed by atoms with Crippen LogP contribution in [0.4, 0.5) is 5.82 Å². The van der Waals surface area contributed by atoms with Crippen molar-refractivity contribution in [1.29, 1.82) is 0 Å². The van der Waals surface area contributed by atoms with E-state index in [2.05, 4.69) is 4.98 Å². The maximum atomic E-state index is 11.5. The maximum absolute atomic E-state index is 11.5. The third-order valence-corrected chi connectivity index (χ3v) is 2.41. The average Bonchev–Trinajstić information content (AvgIpc) is 2.47. The van der Waals surface area contributed by atoms with E-state index in [1.165, 1.54) is 20.8 Å². The fraction of sp³-hybridized carbons (Fsp3) is 0.529. The summed E-state index contributed by atoms with van der Waals surface area (Å²) >= 11 is 0. The lowest BCUT2D eigenvalue weighted by Crippen LogP contribution is -2.34. The number of imide groups is 1. The molecule has 1 rings (SSSR count). The van der Waals surface area contributed by atoms with Gasteiger partial charge in [0.05, 0.1) is 0 Å². The molecule has 0 N–H and O–H groups in total. The van der Waals surface area contributed by atoms with Crippen LogP contribution in [0.3, 0.4) is 0 Å². The summed E-state index contributed by atoms with van der Waals surface area (Å²) in [5, 5.41) is 0. The van der Waals surface area contributed by atoms with E-state index in [-0.39, 0.29) is 11.7 Å². The van der Waals surface area contributed by atoms with Crippen LogP contribution in [0.5, 0.6) is 5.88 Å². The van der Waals surface area contributed by atoms with Crippen LogP contribution >= 0.6 is 0 Å². The minimum absolute atomic E-state index is 0.0978. The summed E-state index contributed by atoms with van der Waals surface area (Å²) in [5.74, 6) is -1.12. The first-order chi connectivity index (χ1) is 10.7. The second-order valence-corrected chi connectivity index (χ2v) is 4.22. The monoisotopic (exact) mass is 324 g/mol. The number of rotatable bonds is 2. The van der Waals surface area contributed by atoms with Crippen molar-refractivity contribution in [3.63, 3.8) is 0 Å². The van der Waals surface area contributed by atoms with Crippen molar-refractivity contribution in [3.8, 4) is 5.88 Å². The zero-order valence-corrected chi connectivity index (χ0v) is 15.6. The van der Waals surface area contributed by atoms with Crippen molar-refractivity contribution in [2.75, 3.05) is 4.90 Å². The lowest BCUT2D eigenvalue weighted by molar-refractivity contribution is -0.132. The van der Waals surface area contributed by atoms with E-state index in [0.29, 0.717) is 11.1 Å². The normalized spacial score (nSPS) is 8.74. The predicted molar refractivity (Wildman–Crippen MR) is 91.6 cm³/mol. The quantitative estimate of drug-likeness (QED) is 0.777. The Morgan fingerprint density at radius 2 is 1.35 bits per heavy atom. The van der Waals surface area contributed by atoms with Gasteiger partial charge in [-0.2, -0.15) is 4.98 Å². The highest BCUT2D eigenvalue weighted by molar-refractivity contribution is 6.12. The fourth-order valence-electron chi connectivity index (χ4n) is 1.71. The molecule has 1 aromatic rings. The first-order valence-corrected chi connectivity index (χ1v) is 7.72. The highest BCUT2D eigenvalue weighted by Crippen LogP contribution is 2.25. The van der Waals surface area contributed by atoms with Gasteiger partial charge in [0, 0.05) is 26.3 Å². The van der Waals surface area contributed by atoms with Crippen LogP contribution in [-0.2, 0) is 14.4 Å². The topological polar surface area (TPSA) is 76.6 Å². The van der Waals surface area contributed by atoms with E-state index in [1.54, 1.807) is 19.9 Å². The number of nitrogens with zero attached hydrogens (tertiary/aromatic N) is 2. The number of hydrogen-bond acceptors (Lipinski definition) is 5. The molecule has 0 aliphatic rings. The van der Waals surface area contributed by atoms with Gasteiger partial charge in [0.1, 0.15) is 5.82 Å². The van der Waals surface area contributed by atoms with Gasteiger partial charge in [-0.05, 0) is 25.5 Å². The fourth-order valence-corrected chi connectivity index (χ4v) is 1.71. The molecule has 1 heterocycles. The first kappa shape index (κ1) is 23.0. The average molecular weight is 324 g/mol. The van der Waals surface area contributed by atoms with E-state index in [0.717, 1.165) is 4.90 Å². The zero-order valence-electron chi connectivity index (χ0n) is 15.6. The smallest absolute Gasteiger partial charge is 0.309 e. The summed E-state index contributed by atoms with van der Waals surface area (Å²) in [6.07, 6.45) is 0. The van der Waals surface area contributed by atoms with Crippen LogP contribution in [0.1, 0.15) is 59.6 Å². The lowest BCUT2D eigenvalue weighted by atomic mass is 10.2. The number of carbonyl (C=O) groups excluding carboxylic acids is 3. The molecule has 130 valence electrons. The number of carbonyl (C=O) groups is 3. The van der Waals surface area contributed by atoms with E-state index in [9.17, 15) is 14.4 Å². The molecule has 0 aromatic carbocycles. The predicted octanol–water partition coefficient (Wildman–Crippen LogP) is 3.58. The second-order valence-electron chi connectivity index (χ2n) is 4.22. The van der Waals surface area contributed by atoms with Crippen molar-refractivity contribution in [3.05, 3.63) is 17.2 Å². The standard InChI is InChI=1S/C13H16N2O4.2C2H6/c1-7-6-8(2)13(19-11(5)18)14-12(7)15(9(3)16)10(4)17;2*1-2/h6H,1-5H3;2*1-2H3. The highest BCUT2D eigenvalue weighted by Gasteiger charge is 2.21. The third-order valence-electron chi connectivity index (χ3n) is 2.41. The van der Waals surface area contributed by atoms with Gasteiger partial charge in [-0.1, -0.05) is 27.7 Å². The van der Waals surface area contributed by atoms with Gasteiger partial charge < -0.3 is 4.74 Å². The largest absolute Gasteiger partial charge is 0.407 e. The third kappa shape index (κ3) is 7.04. The minimum Gasteiger partial charge on any atom is -0.407 e. The van der Waals surface area contributed by atoms with Gasteiger partial charge in [0.25, 0.3) is 0 Å². The van der Waals surface area contributed by atoms with Crippen LogP contribution in [0.25, 0.3) is 0 Å².